The van der Waals surface area contributed by atoms with E-state index >= 15 is 0 Å². The van der Waals surface area contributed by atoms with Crippen LogP contribution in [0.2, 0.25) is 0 Å². The summed E-state index contributed by atoms with van der Waals surface area (Å²) >= 11 is 1.57. The van der Waals surface area contributed by atoms with E-state index in [9.17, 15) is 24.3 Å². The molecule has 1 aromatic heterocycles. The molecule has 0 saturated carbocycles. The molecule has 1 aliphatic rings. The van der Waals surface area contributed by atoms with Gasteiger partial charge >= 0.3 is 5.97 Å². The van der Waals surface area contributed by atoms with Crippen LogP contribution in [0.4, 0.5) is 0 Å². The Morgan fingerprint density at radius 3 is 2.00 bits per heavy atom. The van der Waals surface area contributed by atoms with Crippen molar-refractivity contribution in [2.45, 2.75) is 58.8 Å². The van der Waals surface area contributed by atoms with Crippen LogP contribution in [0.5, 0.6) is 0 Å². The number of nitrogens with one attached hydrogen (secondary N) is 2. The van der Waals surface area contributed by atoms with Gasteiger partial charge in [-0.2, -0.15) is 0 Å². The van der Waals surface area contributed by atoms with E-state index in [1.807, 2.05) is 52.0 Å². The lowest BCUT2D eigenvalue weighted by molar-refractivity contribution is -0.144. The Morgan fingerprint density at radius 1 is 0.920 bits per heavy atom. The largest absolute Gasteiger partial charge is 0.480 e. The lowest BCUT2D eigenvalue weighted by atomic mass is 9.85. The lowest BCUT2D eigenvalue weighted by Gasteiger charge is -2.35. The van der Waals surface area contributed by atoms with Gasteiger partial charge in [-0.1, -0.05) is 45.0 Å². The molecule has 16 heteroatoms. The summed E-state index contributed by atoms with van der Waals surface area (Å²) in [5.74, 6) is -2.35. The molecule has 1 aromatic carbocycles. The van der Waals surface area contributed by atoms with Crippen LogP contribution in [0.15, 0.2) is 29.8 Å². The molecular weight excluding hydrogens is 672 g/mol. The summed E-state index contributed by atoms with van der Waals surface area (Å²) in [5.41, 5.74) is 4.01. The minimum Gasteiger partial charge on any atom is -0.480 e. The number of benzene rings is 1. The number of aliphatic hydroxyl groups is 1. The van der Waals surface area contributed by atoms with E-state index in [-0.39, 0.29) is 65.1 Å². The van der Waals surface area contributed by atoms with Gasteiger partial charge in [0.05, 0.1) is 75.0 Å². The number of aryl methyl sites for hydroxylation is 1. The number of likely N-dealkylation sites (tertiary alicyclic amines) is 1. The molecule has 1 saturated heterocycles. The fourth-order valence-electron chi connectivity index (χ4n) is 5.08. The van der Waals surface area contributed by atoms with Crippen molar-refractivity contribution in [3.8, 4) is 10.4 Å². The van der Waals surface area contributed by atoms with Gasteiger partial charge in [-0.05, 0) is 23.5 Å². The van der Waals surface area contributed by atoms with Crippen molar-refractivity contribution < 1.29 is 53.1 Å². The first-order chi connectivity index (χ1) is 23.9. The zero-order valence-electron chi connectivity index (χ0n) is 29.2. The van der Waals surface area contributed by atoms with Crippen LogP contribution < -0.4 is 10.6 Å². The third-order valence-electron chi connectivity index (χ3n) is 7.66. The first-order valence-corrected chi connectivity index (χ1v) is 17.4. The van der Waals surface area contributed by atoms with Crippen molar-refractivity contribution in [2.24, 2.45) is 5.41 Å². The second kappa shape index (κ2) is 21.0. The topological polar surface area (TPSA) is 195 Å². The monoisotopic (exact) mass is 722 g/mol. The van der Waals surface area contributed by atoms with Crippen LogP contribution in [-0.4, -0.2) is 135 Å². The second-order valence-electron chi connectivity index (χ2n) is 12.8. The molecule has 2 unspecified atom stereocenters. The number of aromatic nitrogens is 1. The highest BCUT2D eigenvalue weighted by atomic mass is 32.1. The van der Waals surface area contributed by atoms with E-state index in [4.69, 9.17) is 28.8 Å². The average Bonchev–Trinajstić information content (AvgIpc) is 3.68. The van der Waals surface area contributed by atoms with Gasteiger partial charge in [0.25, 0.3) is 0 Å². The molecule has 0 spiro atoms. The van der Waals surface area contributed by atoms with E-state index in [2.05, 4.69) is 15.6 Å². The number of carbonyl (C=O) groups is 4. The van der Waals surface area contributed by atoms with Gasteiger partial charge < -0.3 is 49.4 Å². The summed E-state index contributed by atoms with van der Waals surface area (Å²) in [5, 5.41) is 24.6. The molecule has 1 aliphatic heterocycles. The Labute approximate surface area is 296 Å². The van der Waals surface area contributed by atoms with Crippen LogP contribution in [0.25, 0.3) is 10.4 Å². The molecule has 0 aliphatic carbocycles. The Hall–Kier alpha value is -3.51. The molecule has 0 radical (unpaired) electrons. The van der Waals surface area contributed by atoms with Gasteiger partial charge in [0.15, 0.2) is 0 Å². The Balaban J connectivity index is 1.36. The van der Waals surface area contributed by atoms with Crippen molar-refractivity contribution >= 4 is 35.0 Å². The van der Waals surface area contributed by atoms with Gasteiger partial charge in [-0.25, -0.2) is 9.78 Å². The highest BCUT2D eigenvalue weighted by Crippen LogP contribution is 2.28. The molecule has 50 heavy (non-hydrogen) atoms. The Bertz CT molecular complexity index is 1370. The van der Waals surface area contributed by atoms with E-state index in [1.165, 1.54) is 4.90 Å². The maximum Gasteiger partial charge on any atom is 0.329 e. The average molecular weight is 723 g/mol. The van der Waals surface area contributed by atoms with Gasteiger partial charge in [-0.15, -0.1) is 11.3 Å². The van der Waals surface area contributed by atoms with E-state index in [1.54, 1.807) is 16.8 Å². The Kier molecular flexibility index (Phi) is 17.2. The maximum absolute atomic E-state index is 13.8. The van der Waals surface area contributed by atoms with Crippen LogP contribution in [-0.2, 0) is 49.4 Å². The van der Waals surface area contributed by atoms with Gasteiger partial charge in [0.1, 0.15) is 25.3 Å². The van der Waals surface area contributed by atoms with Gasteiger partial charge in [-0.3, -0.25) is 14.4 Å². The van der Waals surface area contributed by atoms with Gasteiger partial charge in [0.2, 0.25) is 17.7 Å². The summed E-state index contributed by atoms with van der Waals surface area (Å²) in [6, 6.07) is 5.99. The minimum atomic E-state index is -1.03. The maximum atomic E-state index is 13.8. The van der Waals surface area contributed by atoms with Crippen LogP contribution in [0.3, 0.4) is 0 Å². The molecule has 1 fully saturated rings. The van der Waals surface area contributed by atoms with Crippen molar-refractivity contribution in [1.29, 1.82) is 0 Å². The number of carboxylic acid groups (broad SMARTS) is 1. The van der Waals surface area contributed by atoms with Gasteiger partial charge in [0, 0.05) is 19.5 Å². The number of nitrogens with zero attached hydrogens (tertiary/aromatic N) is 2. The third-order valence-corrected chi connectivity index (χ3v) is 8.64. The molecule has 0 bridgehead atoms. The molecule has 3 atom stereocenters. The highest BCUT2D eigenvalue weighted by molar-refractivity contribution is 7.13. The summed E-state index contributed by atoms with van der Waals surface area (Å²) < 4.78 is 26.3. The predicted octanol–water partition coefficient (Wildman–Crippen LogP) is 1.40. The van der Waals surface area contributed by atoms with Crippen LogP contribution >= 0.6 is 11.3 Å². The normalized spacial score (nSPS) is 16.7. The lowest BCUT2D eigenvalue weighted by Crippen LogP contribution is -2.58. The highest BCUT2D eigenvalue weighted by Gasteiger charge is 2.44. The zero-order valence-corrected chi connectivity index (χ0v) is 30.0. The number of aliphatic hydroxyl groups excluding tert-OH is 1. The van der Waals surface area contributed by atoms with Crippen molar-refractivity contribution in [1.82, 2.24) is 20.5 Å². The minimum absolute atomic E-state index is 0.0175. The number of thiazole rings is 1. The van der Waals surface area contributed by atoms with Crippen LogP contribution in [0, 0.1) is 12.3 Å². The summed E-state index contributed by atoms with van der Waals surface area (Å²) in [7, 11) is 0. The fourth-order valence-corrected chi connectivity index (χ4v) is 5.90. The smallest absolute Gasteiger partial charge is 0.329 e. The quantitative estimate of drug-likeness (QED) is 0.128. The third kappa shape index (κ3) is 14.0. The number of hydrogen-bond donors (Lipinski definition) is 4. The number of hydrogen-bond acceptors (Lipinski definition) is 12. The number of rotatable bonds is 22. The summed E-state index contributed by atoms with van der Waals surface area (Å²) in [6.45, 7) is 9.16. The second-order valence-corrected chi connectivity index (χ2v) is 13.6. The van der Waals surface area contributed by atoms with E-state index in [0.29, 0.717) is 26.4 Å². The van der Waals surface area contributed by atoms with Crippen molar-refractivity contribution in [2.75, 3.05) is 72.6 Å². The molecule has 278 valence electrons. The number of β-amino-alcohol motifs (C(OH)–C–C–N with tert-alkyl or cyclic N) is 1. The fraction of sp³-hybridized carbons (Fsp3) is 0.618. The molecule has 4 N–H and O–H groups in total. The molecule has 3 rings (SSSR count). The van der Waals surface area contributed by atoms with Crippen LogP contribution in [0.1, 0.15) is 38.4 Å². The number of ether oxygens (including phenoxy) is 5. The zero-order chi connectivity index (χ0) is 36.5. The van der Waals surface area contributed by atoms with E-state index in [0.717, 1.165) is 21.7 Å². The number of carboxylic acids is 1. The summed E-state index contributed by atoms with van der Waals surface area (Å²) in [6.07, 6.45) is -0.772. The summed E-state index contributed by atoms with van der Waals surface area (Å²) in [4.78, 5) is 56.9. The first kappa shape index (κ1) is 40.9. The molecule has 2 heterocycles. The number of aliphatic carboxylic acids is 1. The van der Waals surface area contributed by atoms with Crippen molar-refractivity contribution in [3.05, 3.63) is 41.0 Å². The predicted molar refractivity (Wildman–Crippen MR) is 183 cm³/mol. The number of amides is 3. The molecular formula is C34H50N4O11S. The number of carbonyl (C=O) groups excluding carboxylic acids is 3. The SMILES string of the molecule is Cc1ncsc1-c1ccc(CNC(=O)C2CC(O)CN2C(=O)[C@@H](NC(=O)COCCOCCOCCOCCOCC(=O)O)C(C)(C)C)cc1. The molecule has 15 nitrogen and oxygen atoms in total. The molecule has 2 aromatic rings. The first-order valence-electron chi connectivity index (χ1n) is 16.5. The van der Waals surface area contributed by atoms with Crippen molar-refractivity contribution in [3.63, 3.8) is 0 Å². The Morgan fingerprint density at radius 2 is 1.48 bits per heavy atom. The molecule has 3 amide bonds. The standard InChI is InChI=1S/C34H50N4O11S/c1-23-30(50-22-36-23)25-7-5-24(6-8-25)18-35-32(43)27-17-26(39)19-38(27)33(44)31(34(2,3)4)37-28(40)20-48-15-13-46-11-9-45-10-12-47-14-16-49-21-29(41)42/h5-8,22,26-27,31,39H,9-21H2,1-4H3,(H,35,43)(H,37,40)(H,41,42)/t26?,27?,31-/m1/s1. The van der Waals surface area contributed by atoms with E-state index < -0.39 is 41.4 Å².